The van der Waals surface area contributed by atoms with Crippen molar-refractivity contribution < 1.29 is 23.7 Å². The molecule has 0 bridgehead atoms. The van der Waals surface area contributed by atoms with E-state index in [2.05, 4.69) is 59.9 Å². The zero-order valence-electron chi connectivity index (χ0n) is 25.8. The molecule has 6 heteroatoms. The first-order valence-corrected chi connectivity index (χ1v) is 15.4. The lowest BCUT2D eigenvalue weighted by atomic mass is 9.88. The highest BCUT2D eigenvalue weighted by atomic mass is 16.5. The van der Waals surface area contributed by atoms with E-state index in [1.54, 1.807) is 14.2 Å². The Bertz CT molecular complexity index is 1680. The van der Waals surface area contributed by atoms with Crippen molar-refractivity contribution in [2.45, 2.75) is 38.7 Å². The van der Waals surface area contributed by atoms with Gasteiger partial charge in [0.15, 0.2) is 23.0 Å². The molecule has 1 atom stereocenters. The summed E-state index contributed by atoms with van der Waals surface area (Å²) in [7, 11) is 3.39. The number of nitrogens with one attached hydrogen (secondary N) is 1. The molecule has 0 aliphatic carbocycles. The van der Waals surface area contributed by atoms with Gasteiger partial charge >= 0.3 is 0 Å². The number of hydrogen-bond acceptors (Lipinski definition) is 6. The number of hydrogen-bond donors (Lipinski definition) is 1. The summed E-state index contributed by atoms with van der Waals surface area (Å²) in [6.45, 7) is 2.16. The number of methoxy groups -OCH3 is 2. The SMILES string of the molecule is COc1cc(C[C@@H]2NCCc3cc(OCc4ccccc4)c(OCc4ccccc4)c(OC)c32)ccc1OCc1ccccc1. The summed E-state index contributed by atoms with van der Waals surface area (Å²) in [6.07, 6.45) is 1.60. The minimum Gasteiger partial charge on any atom is -0.493 e. The Morgan fingerprint density at radius 1 is 0.556 bits per heavy atom. The largest absolute Gasteiger partial charge is 0.493 e. The first-order chi connectivity index (χ1) is 22.2. The molecule has 0 spiro atoms. The van der Waals surface area contributed by atoms with Crippen molar-refractivity contribution in [1.29, 1.82) is 0 Å². The topological polar surface area (TPSA) is 58.2 Å². The highest BCUT2D eigenvalue weighted by molar-refractivity contribution is 5.61. The number of benzene rings is 5. The maximum Gasteiger partial charge on any atom is 0.204 e. The lowest BCUT2D eigenvalue weighted by Crippen LogP contribution is -2.32. The molecule has 5 aromatic rings. The first-order valence-electron chi connectivity index (χ1n) is 15.4. The molecule has 0 fully saturated rings. The second-order valence-electron chi connectivity index (χ2n) is 11.1. The average molecular weight is 602 g/mol. The third kappa shape index (κ3) is 7.41. The number of fused-ring (bicyclic) bond motifs is 1. The van der Waals surface area contributed by atoms with E-state index in [9.17, 15) is 0 Å². The highest BCUT2D eigenvalue weighted by Gasteiger charge is 2.30. The van der Waals surface area contributed by atoms with Gasteiger partial charge in [0.05, 0.1) is 14.2 Å². The van der Waals surface area contributed by atoms with Crippen LogP contribution in [0.1, 0.15) is 39.4 Å². The molecule has 1 aliphatic rings. The maximum atomic E-state index is 6.50. The predicted octanol–water partition coefficient (Wildman–Crippen LogP) is 7.87. The van der Waals surface area contributed by atoms with E-state index in [-0.39, 0.29) is 6.04 Å². The quantitative estimate of drug-likeness (QED) is 0.148. The molecule has 1 N–H and O–H groups in total. The normalized spacial score (nSPS) is 13.9. The van der Waals surface area contributed by atoms with E-state index < -0.39 is 0 Å². The van der Waals surface area contributed by atoms with Gasteiger partial charge in [-0.3, -0.25) is 0 Å². The Labute approximate surface area is 265 Å². The fourth-order valence-electron chi connectivity index (χ4n) is 5.77. The van der Waals surface area contributed by atoms with Crippen molar-refractivity contribution in [3.8, 4) is 28.7 Å². The molecule has 1 heterocycles. The van der Waals surface area contributed by atoms with Gasteiger partial charge in [0, 0.05) is 11.6 Å². The van der Waals surface area contributed by atoms with E-state index in [4.69, 9.17) is 23.7 Å². The first kappa shape index (κ1) is 30.1. The van der Waals surface area contributed by atoms with Crippen molar-refractivity contribution in [2.24, 2.45) is 0 Å². The van der Waals surface area contributed by atoms with Crippen molar-refractivity contribution in [1.82, 2.24) is 5.32 Å². The third-order valence-electron chi connectivity index (χ3n) is 8.03. The molecule has 0 aromatic heterocycles. The third-order valence-corrected chi connectivity index (χ3v) is 8.03. The second-order valence-corrected chi connectivity index (χ2v) is 11.1. The average Bonchev–Trinajstić information content (AvgIpc) is 3.10. The van der Waals surface area contributed by atoms with E-state index in [0.717, 1.165) is 53.0 Å². The van der Waals surface area contributed by atoms with Gasteiger partial charge in [-0.15, -0.1) is 0 Å². The van der Waals surface area contributed by atoms with Gasteiger partial charge in [-0.2, -0.15) is 0 Å². The molecule has 0 amide bonds. The van der Waals surface area contributed by atoms with E-state index in [0.29, 0.717) is 42.8 Å². The summed E-state index contributed by atoms with van der Waals surface area (Å²) in [6, 6.07) is 38.8. The molecule has 0 unspecified atom stereocenters. The van der Waals surface area contributed by atoms with Crippen molar-refractivity contribution in [2.75, 3.05) is 20.8 Å². The van der Waals surface area contributed by atoms with E-state index in [1.807, 2.05) is 60.7 Å². The van der Waals surface area contributed by atoms with Crippen LogP contribution < -0.4 is 29.0 Å². The Morgan fingerprint density at radius 3 is 1.71 bits per heavy atom. The van der Waals surface area contributed by atoms with Crippen LogP contribution in [-0.4, -0.2) is 20.8 Å². The Morgan fingerprint density at radius 2 is 1.13 bits per heavy atom. The van der Waals surface area contributed by atoms with Gasteiger partial charge in [-0.25, -0.2) is 0 Å². The molecule has 6 rings (SSSR count). The van der Waals surface area contributed by atoms with Gasteiger partial charge in [-0.05, 0) is 65.4 Å². The summed E-state index contributed by atoms with van der Waals surface area (Å²) in [4.78, 5) is 0. The van der Waals surface area contributed by atoms with Crippen LogP contribution in [0.2, 0.25) is 0 Å². The minimum absolute atomic E-state index is 0.00624. The van der Waals surface area contributed by atoms with Crippen LogP contribution in [-0.2, 0) is 32.7 Å². The summed E-state index contributed by atoms with van der Waals surface area (Å²) in [5, 5.41) is 3.73. The Balaban J connectivity index is 1.28. The lowest BCUT2D eigenvalue weighted by molar-refractivity contribution is 0.241. The van der Waals surface area contributed by atoms with E-state index in [1.165, 1.54) is 5.56 Å². The Hall–Kier alpha value is -4.94. The molecule has 1 aliphatic heterocycles. The van der Waals surface area contributed by atoms with Crippen molar-refractivity contribution in [3.63, 3.8) is 0 Å². The van der Waals surface area contributed by atoms with Gasteiger partial charge in [0.2, 0.25) is 5.75 Å². The smallest absolute Gasteiger partial charge is 0.204 e. The molecule has 5 aromatic carbocycles. The molecule has 0 radical (unpaired) electrons. The predicted molar refractivity (Wildman–Crippen MR) is 176 cm³/mol. The zero-order valence-corrected chi connectivity index (χ0v) is 25.8. The summed E-state index contributed by atoms with van der Waals surface area (Å²) in [5.74, 6) is 3.44. The monoisotopic (exact) mass is 601 g/mol. The van der Waals surface area contributed by atoms with Crippen LogP contribution in [0.3, 0.4) is 0 Å². The fraction of sp³-hybridized carbons (Fsp3) is 0.231. The van der Waals surface area contributed by atoms with Crippen LogP contribution in [0.25, 0.3) is 0 Å². The molecule has 0 saturated heterocycles. The standard InChI is InChI=1S/C39H39NO5/c1-41-35-23-31(18-19-34(35)43-25-28-12-6-3-7-13-28)22-33-37-32(20-21-40-33)24-36(44-26-29-14-8-4-9-15-29)38(39(37)42-2)45-27-30-16-10-5-11-17-30/h3-19,23-24,33,40H,20-22,25-27H2,1-2H3/t33-/m0/s1. The van der Waals surface area contributed by atoms with Gasteiger partial charge in [-0.1, -0.05) is 97.1 Å². The molecular weight excluding hydrogens is 562 g/mol. The molecule has 45 heavy (non-hydrogen) atoms. The summed E-state index contributed by atoms with van der Waals surface area (Å²) in [5.41, 5.74) is 6.69. The lowest BCUT2D eigenvalue weighted by Gasteiger charge is -2.31. The van der Waals surface area contributed by atoms with Crippen molar-refractivity contribution >= 4 is 0 Å². The van der Waals surface area contributed by atoms with Crippen LogP contribution in [0.5, 0.6) is 28.7 Å². The Kier molecular flexibility index (Phi) is 9.83. The van der Waals surface area contributed by atoms with Crippen LogP contribution in [0.15, 0.2) is 115 Å². The summed E-state index contributed by atoms with van der Waals surface area (Å²) < 4.78 is 30.9. The number of ether oxygens (including phenoxy) is 5. The van der Waals surface area contributed by atoms with Crippen LogP contribution in [0.4, 0.5) is 0 Å². The van der Waals surface area contributed by atoms with Gasteiger partial charge in [0.1, 0.15) is 19.8 Å². The molecule has 6 nitrogen and oxygen atoms in total. The van der Waals surface area contributed by atoms with Crippen LogP contribution >= 0.6 is 0 Å². The summed E-state index contributed by atoms with van der Waals surface area (Å²) >= 11 is 0. The van der Waals surface area contributed by atoms with Crippen molar-refractivity contribution in [3.05, 3.63) is 149 Å². The minimum atomic E-state index is 0.00624. The molecular formula is C39H39NO5. The fourth-order valence-corrected chi connectivity index (χ4v) is 5.77. The van der Waals surface area contributed by atoms with E-state index >= 15 is 0 Å². The highest BCUT2D eigenvalue weighted by Crippen LogP contribution is 2.47. The van der Waals surface area contributed by atoms with Gasteiger partial charge in [0.25, 0.3) is 0 Å². The second kappa shape index (κ2) is 14.7. The van der Waals surface area contributed by atoms with Crippen LogP contribution in [0, 0.1) is 0 Å². The maximum absolute atomic E-state index is 6.50. The molecule has 230 valence electrons. The number of rotatable bonds is 13. The zero-order chi connectivity index (χ0) is 30.8. The van der Waals surface area contributed by atoms with Gasteiger partial charge < -0.3 is 29.0 Å². The molecule has 0 saturated carbocycles.